The molecule has 6 nitrogen and oxygen atoms in total. The van der Waals surface area contributed by atoms with Crippen LogP contribution in [0, 0.1) is 5.92 Å². The van der Waals surface area contributed by atoms with Gasteiger partial charge in [-0.2, -0.15) is 13.2 Å². The number of pyridine rings is 1. The lowest BCUT2D eigenvalue weighted by Crippen LogP contribution is -2.53. The minimum atomic E-state index is -4.54. The van der Waals surface area contributed by atoms with Crippen molar-refractivity contribution in [2.75, 3.05) is 6.61 Å². The summed E-state index contributed by atoms with van der Waals surface area (Å²) in [6, 6.07) is 5.79. The average molecular weight is 477 g/mol. The van der Waals surface area contributed by atoms with E-state index in [0.717, 1.165) is 17.5 Å². The number of hydrogen-bond donors (Lipinski definition) is 3. The number of aromatic nitrogens is 3. The normalized spacial score (nSPS) is 25.4. The molecule has 1 saturated heterocycles. The molecule has 3 N–H and O–H groups in total. The lowest BCUT2D eigenvalue weighted by Gasteiger charge is -2.41. The molecule has 2 aliphatic rings. The highest BCUT2D eigenvalue weighted by atomic mass is 19.4. The van der Waals surface area contributed by atoms with E-state index in [-0.39, 0.29) is 35.5 Å². The zero-order valence-electron chi connectivity index (χ0n) is 19.4. The number of nitrogens with zero attached hydrogens (tertiary/aromatic N) is 2. The maximum absolute atomic E-state index is 13.4. The summed E-state index contributed by atoms with van der Waals surface area (Å²) in [5.41, 5.74) is -1.01. The Morgan fingerprint density at radius 3 is 2.47 bits per heavy atom. The summed E-state index contributed by atoms with van der Waals surface area (Å²) in [7, 11) is 0. The molecule has 0 radical (unpaired) electrons. The van der Waals surface area contributed by atoms with Crippen LogP contribution < -0.4 is 10.1 Å². The second kappa shape index (κ2) is 9.92. The van der Waals surface area contributed by atoms with Crippen LogP contribution >= 0.6 is 0 Å². The molecule has 0 bridgehead atoms. The van der Waals surface area contributed by atoms with Gasteiger partial charge in [0.1, 0.15) is 17.9 Å². The van der Waals surface area contributed by atoms with Gasteiger partial charge in [0.25, 0.3) is 0 Å². The van der Waals surface area contributed by atoms with Crippen molar-refractivity contribution in [1.82, 2.24) is 20.3 Å². The van der Waals surface area contributed by atoms with Crippen LogP contribution in [0.3, 0.4) is 0 Å². The summed E-state index contributed by atoms with van der Waals surface area (Å²) in [6.45, 7) is 4.38. The summed E-state index contributed by atoms with van der Waals surface area (Å²) in [4.78, 5) is 10.4. The topological polar surface area (TPSA) is 83.1 Å². The Morgan fingerprint density at radius 2 is 1.85 bits per heavy atom. The lowest BCUT2D eigenvalue weighted by molar-refractivity contribution is -0.136. The van der Waals surface area contributed by atoms with Crippen LogP contribution in [0.1, 0.15) is 57.1 Å². The summed E-state index contributed by atoms with van der Waals surface area (Å²) >= 11 is 0. The number of aliphatic hydroxyl groups is 1. The Bertz CT molecular complexity index is 1080. The number of alkyl halides is 3. The molecule has 34 heavy (non-hydrogen) atoms. The lowest BCUT2D eigenvalue weighted by atomic mass is 9.79. The van der Waals surface area contributed by atoms with Crippen molar-refractivity contribution in [3.63, 3.8) is 0 Å². The third-order valence-corrected chi connectivity index (χ3v) is 6.61. The van der Waals surface area contributed by atoms with Gasteiger partial charge in [0.2, 0.25) is 0 Å². The smallest absolute Gasteiger partial charge is 0.418 e. The Morgan fingerprint density at radius 1 is 1.15 bits per heavy atom. The number of nitrogens with one attached hydrogen (secondary N) is 2. The van der Waals surface area contributed by atoms with Gasteiger partial charge in [-0.1, -0.05) is 26.2 Å². The largest absolute Gasteiger partial charge is 0.492 e. The number of fused-ring (bicyclic) bond motifs is 1. The average Bonchev–Trinajstić information content (AvgIpc) is 3.24. The first-order valence-corrected chi connectivity index (χ1v) is 11.7. The maximum atomic E-state index is 13.4. The molecule has 0 amide bonds. The summed E-state index contributed by atoms with van der Waals surface area (Å²) < 4.78 is 45.8. The molecule has 9 heteroatoms. The molecule has 3 atom stereocenters. The first kappa shape index (κ1) is 24.5. The maximum Gasteiger partial charge on any atom is 0.418 e. The molecular formula is C25H31F3N4O2. The number of halogens is 3. The number of aromatic amines is 1. The van der Waals surface area contributed by atoms with Gasteiger partial charge in [-0.05, 0) is 49.4 Å². The molecule has 5 rings (SSSR count). The number of piperidine rings is 1. The Balaban J connectivity index is 0.000000486. The van der Waals surface area contributed by atoms with Crippen molar-refractivity contribution in [2.24, 2.45) is 5.92 Å². The molecule has 184 valence electrons. The van der Waals surface area contributed by atoms with E-state index < -0.39 is 17.3 Å². The van der Waals surface area contributed by atoms with Crippen LogP contribution in [0.25, 0.3) is 11.0 Å². The van der Waals surface area contributed by atoms with Crippen molar-refractivity contribution >= 4 is 11.0 Å². The van der Waals surface area contributed by atoms with Gasteiger partial charge in [0.15, 0.2) is 0 Å². The standard InChI is InChI=1S/C20H21F3N4O2.C5H10/c1-12-8-19(28,13-2-4-24-5-3-13)9-14(27-12)10-29-15-6-16(20(21,22)23)18-17(7-15)25-11-26-18;1-5-3-2-4-5/h2-7,11-12,14,27-28H,8-10H2,1H3,(H,25,26);5H,2-4H2,1H3/t12?,14?,19-;/m0./s1. The molecule has 1 aliphatic carbocycles. The molecule has 3 heterocycles. The summed E-state index contributed by atoms with van der Waals surface area (Å²) in [6.07, 6.45) is 5.30. The van der Waals surface area contributed by atoms with E-state index in [4.69, 9.17) is 4.74 Å². The molecule has 1 saturated carbocycles. The van der Waals surface area contributed by atoms with E-state index in [2.05, 4.69) is 27.2 Å². The molecule has 2 unspecified atom stereocenters. The van der Waals surface area contributed by atoms with Crippen LogP contribution in [0.5, 0.6) is 5.75 Å². The molecule has 0 spiro atoms. The predicted octanol–water partition coefficient (Wildman–Crippen LogP) is 5.19. The van der Waals surface area contributed by atoms with Crippen molar-refractivity contribution in [2.45, 2.75) is 69.8 Å². The molecule has 1 aromatic carbocycles. The van der Waals surface area contributed by atoms with Crippen LogP contribution in [0.15, 0.2) is 43.0 Å². The highest BCUT2D eigenvalue weighted by molar-refractivity contribution is 5.80. The number of ether oxygens (including phenoxy) is 1. The van der Waals surface area contributed by atoms with Crippen LogP contribution in [0.4, 0.5) is 13.2 Å². The Kier molecular flexibility index (Phi) is 7.14. The van der Waals surface area contributed by atoms with Gasteiger partial charge in [-0.15, -0.1) is 0 Å². The van der Waals surface area contributed by atoms with E-state index in [1.165, 1.54) is 31.7 Å². The number of hydrogen-bond acceptors (Lipinski definition) is 5. The number of benzene rings is 1. The van der Waals surface area contributed by atoms with Gasteiger partial charge in [0, 0.05) is 30.5 Å². The van der Waals surface area contributed by atoms with Crippen LogP contribution in [-0.2, 0) is 11.8 Å². The van der Waals surface area contributed by atoms with Crippen molar-refractivity contribution in [1.29, 1.82) is 0 Å². The van der Waals surface area contributed by atoms with Gasteiger partial charge in [-0.25, -0.2) is 4.98 Å². The van der Waals surface area contributed by atoms with Crippen molar-refractivity contribution < 1.29 is 23.0 Å². The highest BCUT2D eigenvalue weighted by Gasteiger charge is 2.39. The third kappa shape index (κ3) is 5.70. The summed E-state index contributed by atoms with van der Waals surface area (Å²) in [5.74, 6) is 1.16. The fraction of sp³-hybridized carbons (Fsp3) is 0.520. The van der Waals surface area contributed by atoms with Gasteiger partial charge in [0.05, 0.1) is 23.0 Å². The van der Waals surface area contributed by atoms with Gasteiger partial charge in [-0.3, -0.25) is 4.98 Å². The second-order valence-corrected chi connectivity index (χ2v) is 9.55. The van der Waals surface area contributed by atoms with E-state index >= 15 is 0 Å². The Hall–Kier alpha value is -2.65. The Labute approximate surface area is 197 Å². The van der Waals surface area contributed by atoms with Crippen molar-refractivity contribution in [3.8, 4) is 5.75 Å². The monoisotopic (exact) mass is 476 g/mol. The van der Waals surface area contributed by atoms with Crippen molar-refractivity contribution in [3.05, 3.63) is 54.1 Å². The van der Waals surface area contributed by atoms with Gasteiger partial charge >= 0.3 is 6.18 Å². The van der Waals surface area contributed by atoms with E-state index in [1.54, 1.807) is 24.5 Å². The molecule has 2 aromatic heterocycles. The van der Waals surface area contributed by atoms with E-state index in [9.17, 15) is 18.3 Å². The minimum absolute atomic E-state index is 0.0105. The molecule has 3 aromatic rings. The quantitative estimate of drug-likeness (QED) is 0.483. The first-order valence-electron chi connectivity index (χ1n) is 11.7. The van der Waals surface area contributed by atoms with Gasteiger partial charge < -0.3 is 20.1 Å². The number of imidazole rings is 1. The van der Waals surface area contributed by atoms with Crippen LogP contribution in [0.2, 0.25) is 0 Å². The molecule has 1 aliphatic heterocycles. The fourth-order valence-electron chi connectivity index (χ4n) is 4.65. The summed E-state index contributed by atoms with van der Waals surface area (Å²) in [5, 5.41) is 14.5. The third-order valence-electron chi connectivity index (χ3n) is 6.61. The first-order chi connectivity index (χ1) is 16.1. The molecule has 2 fully saturated rings. The zero-order valence-corrected chi connectivity index (χ0v) is 19.4. The molecular weight excluding hydrogens is 445 g/mol. The highest BCUT2D eigenvalue weighted by Crippen LogP contribution is 2.37. The van der Waals surface area contributed by atoms with E-state index in [0.29, 0.717) is 12.8 Å². The second-order valence-electron chi connectivity index (χ2n) is 9.55. The number of H-pyrrole nitrogens is 1. The minimum Gasteiger partial charge on any atom is -0.492 e. The SMILES string of the molecule is CC1CCC1.CC1C[C@@](O)(c2ccncc2)CC(COc2cc(C(F)(F)F)c3nc[nH]c3c2)N1. The van der Waals surface area contributed by atoms with E-state index in [1.807, 2.05) is 6.92 Å². The predicted molar refractivity (Wildman–Crippen MR) is 123 cm³/mol. The zero-order chi connectivity index (χ0) is 24.3. The van der Waals surface area contributed by atoms with Crippen LogP contribution in [-0.4, -0.2) is 38.7 Å². The number of rotatable bonds is 4. The fourth-order valence-corrected chi connectivity index (χ4v) is 4.65.